The quantitative estimate of drug-likeness (QED) is 0.678. The van der Waals surface area contributed by atoms with Gasteiger partial charge in [0.25, 0.3) is 0 Å². The van der Waals surface area contributed by atoms with E-state index in [2.05, 4.69) is 14.9 Å². The van der Waals surface area contributed by atoms with Crippen LogP contribution in [0.3, 0.4) is 0 Å². The van der Waals surface area contributed by atoms with E-state index < -0.39 is 0 Å². The first kappa shape index (κ1) is 7.26. The van der Waals surface area contributed by atoms with Gasteiger partial charge in [0, 0.05) is 24.7 Å². The van der Waals surface area contributed by atoms with Crippen LogP contribution >= 0.6 is 0 Å². The van der Waals surface area contributed by atoms with Crippen LogP contribution in [0.25, 0.3) is 0 Å². The van der Waals surface area contributed by atoms with E-state index in [4.69, 9.17) is 5.73 Å². The van der Waals surface area contributed by atoms with Crippen molar-refractivity contribution in [3.05, 3.63) is 17.6 Å². The van der Waals surface area contributed by atoms with Crippen molar-refractivity contribution in [2.24, 2.45) is 0 Å². The van der Waals surface area contributed by atoms with Gasteiger partial charge in [-0.3, -0.25) is 4.90 Å². The molecule has 4 nitrogen and oxygen atoms in total. The Kier molecular flexibility index (Phi) is 1.35. The molecular formula is C9H12N4. The molecule has 0 bridgehead atoms. The molecule has 1 aromatic rings. The zero-order chi connectivity index (χ0) is 8.84. The molecule has 4 heteroatoms. The molecule has 1 aliphatic carbocycles. The number of nitrogens with two attached hydrogens (primary N) is 1. The maximum atomic E-state index is 5.78. The highest BCUT2D eigenvalue weighted by Gasteiger charge is 2.34. The molecule has 13 heavy (non-hydrogen) atoms. The van der Waals surface area contributed by atoms with Crippen molar-refractivity contribution in [1.82, 2.24) is 14.9 Å². The lowest BCUT2D eigenvalue weighted by molar-refractivity contribution is 0.272. The van der Waals surface area contributed by atoms with Crippen LogP contribution in [0, 0.1) is 0 Å². The third-order valence-corrected chi connectivity index (χ3v) is 2.85. The summed E-state index contributed by atoms with van der Waals surface area (Å²) >= 11 is 0. The van der Waals surface area contributed by atoms with E-state index in [0.29, 0.717) is 5.82 Å². The predicted octanol–water partition coefficient (Wildman–Crippen LogP) is 0.537. The fourth-order valence-corrected chi connectivity index (χ4v) is 1.92. The second-order valence-electron chi connectivity index (χ2n) is 3.82. The smallest absolute Gasteiger partial charge is 0.131 e. The summed E-state index contributed by atoms with van der Waals surface area (Å²) in [5.74, 6) is 0.660. The molecule has 1 saturated carbocycles. The summed E-state index contributed by atoms with van der Waals surface area (Å²) in [4.78, 5) is 10.7. The topological polar surface area (TPSA) is 55.0 Å². The molecule has 0 radical (unpaired) electrons. The molecule has 2 heterocycles. The van der Waals surface area contributed by atoms with E-state index >= 15 is 0 Å². The fraction of sp³-hybridized carbons (Fsp3) is 0.556. The molecule has 0 saturated heterocycles. The second-order valence-corrected chi connectivity index (χ2v) is 3.82. The van der Waals surface area contributed by atoms with Crippen molar-refractivity contribution in [1.29, 1.82) is 0 Å². The van der Waals surface area contributed by atoms with Gasteiger partial charge < -0.3 is 5.73 Å². The predicted molar refractivity (Wildman–Crippen MR) is 48.7 cm³/mol. The first-order valence-electron chi connectivity index (χ1n) is 4.67. The Morgan fingerprint density at radius 3 is 2.85 bits per heavy atom. The van der Waals surface area contributed by atoms with Gasteiger partial charge in [-0.1, -0.05) is 0 Å². The summed E-state index contributed by atoms with van der Waals surface area (Å²) in [5.41, 5.74) is 8.05. The zero-order valence-electron chi connectivity index (χ0n) is 7.40. The first-order chi connectivity index (χ1) is 6.34. The maximum Gasteiger partial charge on any atom is 0.131 e. The molecule has 2 N–H and O–H groups in total. The van der Waals surface area contributed by atoms with Crippen molar-refractivity contribution in [2.45, 2.75) is 32.0 Å². The summed E-state index contributed by atoms with van der Waals surface area (Å²) in [7, 11) is 0. The fourth-order valence-electron chi connectivity index (χ4n) is 1.92. The van der Waals surface area contributed by atoms with Crippen LogP contribution in [0.5, 0.6) is 0 Å². The van der Waals surface area contributed by atoms with Crippen molar-refractivity contribution >= 4 is 5.82 Å². The first-order valence-corrected chi connectivity index (χ1v) is 4.67. The number of aromatic nitrogens is 2. The molecular weight excluding hydrogens is 164 g/mol. The lowest BCUT2D eigenvalue weighted by atomic mass is 10.2. The van der Waals surface area contributed by atoms with E-state index in [0.717, 1.165) is 30.4 Å². The molecule has 0 atom stereocenters. The molecule has 0 unspecified atom stereocenters. The van der Waals surface area contributed by atoms with Gasteiger partial charge in [-0.25, -0.2) is 9.97 Å². The number of anilines is 1. The van der Waals surface area contributed by atoms with Gasteiger partial charge >= 0.3 is 0 Å². The highest BCUT2D eigenvalue weighted by Crippen LogP contribution is 2.34. The number of rotatable bonds is 1. The maximum absolute atomic E-state index is 5.78. The van der Waals surface area contributed by atoms with Crippen LogP contribution in [0.1, 0.15) is 24.1 Å². The van der Waals surface area contributed by atoms with Crippen LogP contribution in [-0.4, -0.2) is 20.9 Å². The van der Waals surface area contributed by atoms with E-state index in [1.807, 2.05) is 0 Å². The van der Waals surface area contributed by atoms with E-state index in [9.17, 15) is 0 Å². The third-order valence-electron chi connectivity index (χ3n) is 2.85. The highest BCUT2D eigenvalue weighted by molar-refractivity contribution is 5.43. The van der Waals surface area contributed by atoms with Gasteiger partial charge in [0.05, 0.1) is 5.69 Å². The van der Waals surface area contributed by atoms with Crippen LogP contribution in [0.15, 0.2) is 6.33 Å². The van der Waals surface area contributed by atoms with Crippen molar-refractivity contribution in [2.75, 3.05) is 5.73 Å². The average molecular weight is 176 g/mol. The third kappa shape index (κ3) is 1.09. The Bertz CT molecular complexity index is 345. The number of nitrogen functional groups attached to an aromatic ring is 1. The van der Waals surface area contributed by atoms with Gasteiger partial charge in [0.15, 0.2) is 0 Å². The van der Waals surface area contributed by atoms with Gasteiger partial charge in [-0.15, -0.1) is 0 Å². The minimum Gasteiger partial charge on any atom is -0.383 e. The van der Waals surface area contributed by atoms with Crippen LogP contribution in [0.4, 0.5) is 5.82 Å². The summed E-state index contributed by atoms with van der Waals surface area (Å²) in [6.45, 7) is 1.92. The number of nitrogens with zero attached hydrogens (tertiary/aromatic N) is 3. The largest absolute Gasteiger partial charge is 0.383 e. The summed E-state index contributed by atoms with van der Waals surface area (Å²) in [6.07, 6.45) is 4.23. The Morgan fingerprint density at radius 1 is 1.31 bits per heavy atom. The minimum absolute atomic E-state index is 0.660. The van der Waals surface area contributed by atoms with Gasteiger partial charge in [0.1, 0.15) is 12.1 Å². The minimum atomic E-state index is 0.660. The Morgan fingerprint density at radius 2 is 2.15 bits per heavy atom. The van der Waals surface area contributed by atoms with Gasteiger partial charge in [0.2, 0.25) is 0 Å². The summed E-state index contributed by atoms with van der Waals surface area (Å²) in [5, 5.41) is 0. The molecule has 0 amide bonds. The number of hydrogen-bond acceptors (Lipinski definition) is 4. The number of fused-ring (bicyclic) bond motifs is 1. The Balaban J connectivity index is 1.94. The van der Waals surface area contributed by atoms with Crippen molar-refractivity contribution in [3.8, 4) is 0 Å². The molecule has 3 rings (SSSR count). The lowest BCUT2D eigenvalue weighted by Crippen LogP contribution is -2.18. The molecule has 2 aliphatic rings. The van der Waals surface area contributed by atoms with Gasteiger partial charge in [-0.2, -0.15) is 0 Å². The summed E-state index contributed by atoms with van der Waals surface area (Å²) < 4.78 is 0. The SMILES string of the molecule is Nc1ncnc2c1CN(C1CC1)C2. The Hall–Kier alpha value is -1.16. The number of hydrogen-bond donors (Lipinski definition) is 1. The van der Waals surface area contributed by atoms with E-state index in [1.54, 1.807) is 6.33 Å². The molecule has 1 aromatic heterocycles. The average Bonchev–Trinajstić information content (AvgIpc) is 2.87. The van der Waals surface area contributed by atoms with E-state index in [-0.39, 0.29) is 0 Å². The molecule has 1 fully saturated rings. The molecule has 0 spiro atoms. The summed E-state index contributed by atoms with van der Waals surface area (Å²) in [6, 6.07) is 0.786. The van der Waals surface area contributed by atoms with Crippen LogP contribution < -0.4 is 5.73 Å². The van der Waals surface area contributed by atoms with Gasteiger partial charge in [-0.05, 0) is 12.8 Å². The normalized spacial score (nSPS) is 21.8. The molecule has 1 aliphatic heterocycles. The molecule has 0 aromatic carbocycles. The zero-order valence-corrected chi connectivity index (χ0v) is 7.40. The molecule has 68 valence electrons. The monoisotopic (exact) mass is 176 g/mol. The Labute approximate surface area is 76.8 Å². The van der Waals surface area contributed by atoms with Crippen LogP contribution in [-0.2, 0) is 13.1 Å². The van der Waals surface area contributed by atoms with E-state index in [1.165, 1.54) is 12.8 Å². The lowest BCUT2D eigenvalue weighted by Gasteiger charge is -2.11. The van der Waals surface area contributed by atoms with Crippen molar-refractivity contribution < 1.29 is 0 Å². The van der Waals surface area contributed by atoms with Crippen molar-refractivity contribution in [3.63, 3.8) is 0 Å². The van der Waals surface area contributed by atoms with Crippen LogP contribution in [0.2, 0.25) is 0 Å². The second kappa shape index (κ2) is 2.42. The highest BCUT2D eigenvalue weighted by atomic mass is 15.2. The standard InChI is InChI=1S/C9H12N4/c10-9-7-3-13(6-1-2-6)4-8(7)11-5-12-9/h5-6H,1-4H2,(H2,10,11,12).